The molecular weight excluding hydrogens is 683 g/mol. The van der Waals surface area contributed by atoms with Gasteiger partial charge in [0.05, 0.1) is 27.2 Å². The zero-order valence-corrected chi connectivity index (χ0v) is 27.3. The number of hydrogen-bond donors (Lipinski definition) is 1. The number of aromatic nitrogens is 2. The van der Waals surface area contributed by atoms with E-state index in [2.05, 4.69) is 42.6 Å². The maximum atomic E-state index is 14.4. The molecular formula is C31H35BrClF5N6O. The third-order valence-electron chi connectivity index (χ3n) is 9.55. The molecule has 0 amide bonds. The number of fused-ring (bicyclic) bond motifs is 1. The molecule has 1 aliphatic carbocycles. The van der Waals surface area contributed by atoms with Crippen molar-refractivity contribution < 1.29 is 27.1 Å². The van der Waals surface area contributed by atoms with Crippen molar-refractivity contribution >= 4 is 39.7 Å². The fraction of sp³-hybridized carbons (Fsp3) is 0.581. The Bertz CT molecular complexity index is 1440. The van der Waals surface area contributed by atoms with Gasteiger partial charge in [0.1, 0.15) is 5.66 Å². The second-order valence-corrected chi connectivity index (χ2v) is 13.9. The van der Waals surface area contributed by atoms with Crippen LogP contribution in [0.25, 0.3) is 0 Å². The molecule has 4 aliphatic rings. The Morgan fingerprint density at radius 2 is 1.76 bits per heavy atom. The van der Waals surface area contributed by atoms with Crippen LogP contribution >= 0.6 is 27.5 Å². The van der Waals surface area contributed by atoms with Crippen LogP contribution in [-0.2, 0) is 18.6 Å². The van der Waals surface area contributed by atoms with Crippen LogP contribution in [0, 0.1) is 5.92 Å². The summed E-state index contributed by atoms with van der Waals surface area (Å²) in [6.45, 7) is 4.59. The predicted octanol–water partition coefficient (Wildman–Crippen LogP) is 6.94. The molecule has 4 atom stereocenters. The summed E-state index contributed by atoms with van der Waals surface area (Å²) >= 11 is 10.2. The highest BCUT2D eigenvalue weighted by atomic mass is 79.9. The third-order valence-corrected chi connectivity index (χ3v) is 10.2. The zero-order valence-electron chi connectivity index (χ0n) is 24.9. The Hall–Kier alpha value is -2.35. The van der Waals surface area contributed by atoms with Crippen molar-refractivity contribution in [3.05, 3.63) is 62.5 Å². The Morgan fingerprint density at radius 3 is 2.38 bits per heavy atom. The fourth-order valence-electron chi connectivity index (χ4n) is 7.14. The van der Waals surface area contributed by atoms with Crippen LogP contribution in [0.5, 0.6) is 0 Å². The maximum absolute atomic E-state index is 14.4. The van der Waals surface area contributed by atoms with Gasteiger partial charge < -0.3 is 14.9 Å². The van der Waals surface area contributed by atoms with Gasteiger partial charge in [0.25, 0.3) is 5.92 Å². The van der Waals surface area contributed by atoms with Gasteiger partial charge in [-0.3, -0.25) is 9.89 Å². The molecule has 0 radical (unpaired) electrons. The highest BCUT2D eigenvalue weighted by Gasteiger charge is 2.63. The van der Waals surface area contributed by atoms with E-state index in [1.165, 1.54) is 0 Å². The normalized spacial score (nSPS) is 27.7. The van der Waals surface area contributed by atoms with Gasteiger partial charge in [0.15, 0.2) is 0 Å². The van der Waals surface area contributed by atoms with Gasteiger partial charge in [0, 0.05) is 74.9 Å². The number of aliphatic hydroxyl groups is 1. The van der Waals surface area contributed by atoms with E-state index < -0.39 is 23.2 Å². The smallest absolute Gasteiger partial charge is 0.393 e. The SMILES string of the molecule is CC[C@@H]1C[C@H](N(Cc2cc(C(C)(F)F)cc(C(F)(F)F)c2)c2ncc(Br)cn2)CN1C1=C(Cl)C=NC2(N3CCC(O)CC3)CC12. The van der Waals surface area contributed by atoms with Gasteiger partial charge in [-0.05, 0) is 71.8 Å². The minimum absolute atomic E-state index is 0.0710. The summed E-state index contributed by atoms with van der Waals surface area (Å²) in [5.74, 6) is -3.07. The Labute approximate surface area is 272 Å². The number of alkyl halides is 5. The molecule has 2 unspecified atom stereocenters. The van der Waals surface area contributed by atoms with Crippen molar-refractivity contribution in [2.24, 2.45) is 10.9 Å². The average Bonchev–Trinajstić information content (AvgIpc) is 3.58. The molecule has 0 bridgehead atoms. The number of likely N-dealkylation sites (tertiary alicyclic amines) is 2. The van der Waals surface area contributed by atoms with Gasteiger partial charge in [-0.1, -0.05) is 18.5 Å². The van der Waals surface area contributed by atoms with Crippen molar-refractivity contribution in [1.29, 1.82) is 0 Å². The number of aliphatic imine (C=N–C) groups is 1. The lowest BCUT2D eigenvalue weighted by molar-refractivity contribution is -0.137. The standard InChI is InChI=1S/C31H35BrClF5N6O/c1-3-22-11-23(17-43(22)27-25-12-30(25,41-15-26(27)33)42-6-4-24(45)5-7-42)44(28-39-13-21(32)14-40-28)16-18-8-19(29(2,34)35)10-20(9-18)31(36,37)38/h8-10,13-15,22-25,45H,3-7,11-12,16-17H2,1-2H3/t22-,23+,25?,30?/m1/s1. The van der Waals surface area contributed by atoms with Gasteiger partial charge in [-0.2, -0.15) is 13.2 Å². The molecule has 14 heteroatoms. The lowest BCUT2D eigenvalue weighted by atomic mass is 10.0. The molecule has 3 fully saturated rings. The van der Waals surface area contributed by atoms with Gasteiger partial charge >= 0.3 is 6.18 Å². The molecule has 1 N–H and O–H groups in total. The first-order valence-corrected chi connectivity index (χ1v) is 16.3. The summed E-state index contributed by atoms with van der Waals surface area (Å²) in [5, 5.41) is 10.6. The highest BCUT2D eigenvalue weighted by Crippen LogP contribution is 2.58. The summed E-state index contributed by atoms with van der Waals surface area (Å²) in [6, 6.07) is 2.40. The Morgan fingerprint density at radius 1 is 1.09 bits per heavy atom. The Kier molecular flexibility index (Phi) is 8.71. The zero-order chi connectivity index (χ0) is 32.3. The maximum Gasteiger partial charge on any atom is 0.416 e. The fourth-order valence-corrected chi connectivity index (χ4v) is 7.63. The predicted molar refractivity (Wildman–Crippen MR) is 165 cm³/mol. The van der Waals surface area contributed by atoms with Crippen molar-refractivity contribution in [3.8, 4) is 0 Å². The largest absolute Gasteiger partial charge is 0.416 e. The average molecular weight is 718 g/mol. The number of rotatable bonds is 8. The first-order chi connectivity index (χ1) is 21.2. The molecule has 2 aromatic rings. The second kappa shape index (κ2) is 12.0. The number of halogens is 7. The van der Waals surface area contributed by atoms with E-state index in [9.17, 15) is 27.1 Å². The highest BCUT2D eigenvalue weighted by molar-refractivity contribution is 9.10. The molecule has 0 spiro atoms. The monoisotopic (exact) mass is 716 g/mol. The van der Waals surface area contributed by atoms with Crippen LogP contribution in [0.1, 0.15) is 62.6 Å². The van der Waals surface area contributed by atoms with Gasteiger partial charge in [-0.15, -0.1) is 0 Å². The number of aliphatic hydroxyl groups excluding tert-OH is 1. The van der Waals surface area contributed by atoms with E-state index in [1.807, 2.05) is 4.90 Å². The minimum Gasteiger partial charge on any atom is -0.393 e. The van der Waals surface area contributed by atoms with Crippen LogP contribution in [0.15, 0.2) is 50.8 Å². The van der Waals surface area contributed by atoms with Crippen LogP contribution < -0.4 is 4.90 Å². The first-order valence-electron chi connectivity index (χ1n) is 15.2. The molecule has 1 aromatic carbocycles. The summed E-state index contributed by atoms with van der Waals surface area (Å²) < 4.78 is 70.8. The summed E-state index contributed by atoms with van der Waals surface area (Å²) in [5.41, 5.74) is -1.09. The second-order valence-electron chi connectivity index (χ2n) is 12.6. The first kappa shape index (κ1) is 32.6. The van der Waals surface area contributed by atoms with E-state index in [0.29, 0.717) is 54.3 Å². The van der Waals surface area contributed by atoms with Gasteiger partial charge in [-0.25, -0.2) is 18.7 Å². The van der Waals surface area contributed by atoms with E-state index in [1.54, 1.807) is 18.6 Å². The van der Waals surface area contributed by atoms with Crippen LogP contribution in [0.4, 0.5) is 27.9 Å². The van der Waals surface area contributed by atoms with Crippen LogP contribution in [-0.4, -0.2) is 74.6 Å². The Balaban J connectivity index is 1.32. The van der Waals surface area contributed by atoms with Crippen molar-refractivity contribution in [3.63, 3.8) is 0 Å². The number of allylic oxidation sites excluding steroid dienone is 1. The summed E-state index contributed by atoms with van der Waals surface area (Å²) in [4.78, 5) is 20.3. The van der Waals surface area contributed by atoms with E-state index >= 15 is 0 Å². The molecule has 2 saturated heterocycles. The topological polar surface area (TPSA) is 68.1 Å². The van der Waals surface area contributed by atoms with Crippen LogP contribution in [0.2, 0.25) is 0 Å². The lowest BCUT2D eigenvalue weighted by Gasteiger charge is -2.38. The quantitative estimate of drug-likeness (QED) is 0.299. The van der Waals surface area contributed by atoms with Crippen LogP contribution in [0.3, 0.4) is 0 Å². The third kappa shape index (κ3) is 6.46. The minimum atomic E-state index is -4.79. The molecule has 1 saturated carbocycles. The van der Waals surface area contributed by atoms with Crippen molar-refractivity contribution in [2.45, 2.75) is 88.4 Å². The molecule has 6 rings (SSSR count). The van der Waals surface area contributed by atoms with E-state index in [-0.39, 0.29) is 41.9 Å². The number of benzene rings is 1. The van der Waals surface area contributed by atoms with Gasteiger partial charge in [0.2, 0.25) is 5.95 Å². The molecule has 45 heavy (non-hydrogen) atoms. The summed E-state index contributed by atoms with van der Waals surface area (Å²) in [7, 11) is 0. The summed E-state index contributed by atoms with van der Waals surface area (Å²) in [6.07, 6.45) is 3.41. The van der Waals surface area contributed by atoms with E-state index in [4.69, 9.17) is 16.6 Å². The lowest BCUT2D eigenvalue weighted by Crippen LogP contribution is -2.46. The molecule has 3 aliphatic heterocycles. The number of hydrogen-bond acceptors (Lipinski definition) is 7. The van der Waals surface area contributed by atoms with Crippen molar-refractivity contribution in [1.82, 2.24) is 19.8 Å². The number of anilines is 1. The molecule has 7 nitrogen and oxygen atoms in total. The molecule has 1 aromatic heterocycles. The van der Waals surface area contributed by atoms with Crippen molar-refractivity contribution in [2.75, 3.05) is 24.5 Å². The molecule has 244 valence electrons. The number of nitrogens with zero attached hydrogens (tertiary/aromatic N) is 6. The van der Waals surface area contributed by atoms with E-state index in [0.717, 1.165) is 43.8 Å². The number of dihydropyridines is 1. The number of piperidine rings is 1. The molecule has 4 heterocycles.